The van der Waals surface area contributed by atoms with Gasteiger partial charge in [0.2, 0.25) is 5.89 Å². The molecule has 7 heteroatoms. The smallest absolute Gasteiger partial charge is 0.293 e. The first-order valence-electron chi connectivity index (χ1n) is 7.07. The summed E-state index contributed by atoms with van der Waals surface area (Å²) in [6.45, 7) is 4.64. The number of nitrogens with one attached hydrogen (secondary N) is 2. The first-order valence-corrected chi connectivity index (χ1v) is 7.07. The van der Waals surface area contributed by atoms with Crippen LogP contribution in [0.2, 0.25) is 0 Å². The van der Waals surface area contributed by atoms with Crippen LogP contribution in [0.4, 0.5) is 0 Å². The van der Waals surface area contributed by atoms with Crippen LogP contribution in [0.5, 0.6) is 0 Å². The highest BCUT2D eigenvalue weighted by atomic mass is 16.5. The van der Waals surface area contributed by atoms with Crippen LogP contribution in [0.25, 0.3) is 0 Å². The van der Waals surface area contributed by atoms with Gasteiger partial charge in [-0.05, 0) is 45.4 Å². The van der Waals surface area contributed by atoms with Crippen molar-refractivity contribution in [3.05, 3.63) is 35.4 Å². The molecule has 2 unspecified atom stereocenters. The molecule has 2 N–H and O–H groups in total. The maximum atomic E-state index is 12.1. The molecule has 0 radical (unpaired) electrons. The van der Waals surface area contributed by atoms with E-state index in [1.807, 2.05) is 26.0 Å². The summed E-state index contributed by atoms with van der Waals surface area (Å²) in [6.07, 6.45) is 2.02. The normalized spacial score (nSPS) is 19.6. The summed E-state index contributed by atoms with van der Waals surface area (Å²) in [6, 6.07) is 3.50. The highest BCUT2D eigenvalue weighted by molar-refractivity contribution is 5.90. The fourth-order valence-electron chi connectivity index (χ4n) is 2.38. The Morgan fingerprint density at radius 2 is 2.38 bits per heavy atom. The lowest BCUT2D eigenvalue weighted by molar-refractivity contribution is 0.0921. The van der Waals surface area contributed by atoms with Crippen molar-refractivity contribution in [1.29, 1.82) is 0 Å². The maximum absolute atomic E-state index is 12.1. The van der Waals surface area contributed by atoms with Crippen LogP contribution in [-0.4, -0.2) is 22.6 Å². The van der Waals surface area contributed by atoms with Crippen LogP contribution >= 0.6 is 0 Å². The van der Waals surface area contributed by atoms with E-state index in [0.29, 0.717) is 11.7 Å². The van der Waals surface area contributed by atoms with Gasteiger partial charge in [0.05, 0.1) is 12.1 Å². The summed E-state index contributed by atoms with van der Waals surface area (Å²) in [7, 11) is 0. The lowest BCUT2D eigenvalue weighted by Gasteiger charge is -2.09. The van der Waals surface area contributed by atoms with Crippen molar-refractivity contribution < 1.29 is 13.7 Å². The highest BCUT2D eigenvalue weighted by Crippen LogP contribution is 2.21. The molecule has 0 bridgehead atoms. The van der Waals surface area contributed by atoms with Crippen molar-refractivity contribution in [3.63, 3.8) is 0 Å². The van der Waals surface area contributed by atoms with E-state index in [1.54, 1.807) is 0 Å². The third-order valence-corrected chi connectivity index (χ3v) is 3.54. The minimum Gasteiger partial charge on any atom is -0.464 e. The van der Waals surface area contributed by atoms with Crippen molar-refractivity contribution in [3.8, 4) is 0 Å². The zero-order chi connectivity index (χ0) is 14.8. The molecule has 1 aliphatic rings. The molecule has 7 nitrogen and oxygen atoms in total. The number of hydrogen-bond donors (Lipinski definition) is 2. The lowest BCUT2D eigenvalue weighted by Crippen LogP contribution is -2.27. The number of carbonyl (C=O) groups excluding carboxylic acids is 1. The van der Waals surface area contributed by atoms with Gasteiger partial charge in [0.1, 0.15) is 11.5 Å². The van der Waals surface area contributed by atoms with E-state index < -0.39 is 0 Å². The Hall–Kier alpha value is -2.15. The monoisotopic (exact) mass is 290 g/mol. The molecule has 0 saturated carbocycles. The first kappa shape index (κ1) is 13.8. The number of nitrogens with zero attached hydrogens (tertiary/aromatic N) is 2. The molecular formula is C14H18N4O3. The van der Waals surface area contributed by atoms with Crippen LogP contribution < -0.4 is 10.6 Å². The lowest BCUT2D eigenvalue weighted by atomic mass is 10.2. The number of hydrogen-bond acceptors (Lipinski definition) is 6. The van der Waals surface area contributed by atoms with Gasteiger partial charge < -0.3 is 19.6 Å². The van der Waals surface area contributed by atoms with Gasteiger partial charge in [-0.3, -0.25) is 4.79 Å². The van der Waals surface area contributed by atoms with E-state index in [4.69, 9.17) is 8.94 Å². The number of furan rings is 1. The Morgan fingerprint density at radius 3 is 3.05 bits per heavy atom. The topological polar surface area (TPSA) is 93.2 Å². The van der Waals surface area contributed by atoms with E-state index in [2.05, 4.69) is 20.8 Å². The predicted molar refractivity (Wildman–Crippen MR) is 73.6 cm³/mol. The summed E-state index contributed by atoms with van der Waals surface area (Å²) in [5, 5.41) is 9.79. The SMILES string of the molecule is Cc1ccc(C(C)NC(=O)c2noc(C3CCCN3)n2)o1. The van der Waals surface area contributed by atoms with E-state index in [0.717, 1.165) is 25.1 Å². The second-order valence-corrected chi connectivity index (χ2v) is 5.25. The van der Waals surface area contributed by atoms with Gasteiger partial charge in [-0.2, -0.15) is 4.98 Å². The van der Waals surface area contributed by atoms with Crippen LogP contribution in [0, 0.1) is 6.92 Å². The molecule has 0 aromatic carbocycles. The van der Waals surface area contributed by atoms with E-state index >= 15 is 0 Å². The summed E-state index contributed by atoms with van der Waals surface area (Å²) in [5.41, 5.74) is 0. The largest absolute Gasteiger partial charge is 0.464 e. The minimum atomic E-state index is -0.371. The third-order valence-electron chi connectivity index (χ3n) is 3.54. The third kappa shape index (κ3) is 2.97. The number of carbonyl (C=O) groups is 1. The molecular weight excluding hydrogens is 272 g/mol. The van der Waals surface area contributed by atoms with E-state index in [-0.39, 0.29) is 23.8 Å². The quantitative estimate of drug-likeness (QED) is 0.893. The number of aromatic nitrogens is 2. The van der Waals surface area contributed by atoms with Gasteiger partial charge in [-0.1, -0.05) is 5.16 Å². The fraction of sp³-hybridized carbons (Fsp3) is 0.500. The van der Waals surface area contributed by atoms with E-state index in [1.165, 1.54) is 0 Å². The number of amides is 1. The molecule has 1 saturated heterocycles. The highest BCUT2D eigenvalue weighted by Gasteiger charge is 2.25. The first-order chi connectivity index (χ1) is 10.1. The van der Waals surface area contributed by atoms with Crippen LogP contribution in [0.1, 0.15) is 59.9 Å². The number of aryl methyl sites for hydroxylation is 1. The van der Waals surface area contributed by atoms with Crippen molar-refractivity contribution in [1.82, 2.24) is 20.8 Å². The minimum absolute atomic E-state index is 0.0498. The zero-order valence-electron chi connectivity index (χ0n) is 12.0. The Kier molecular flexibility index (Phi) is 3.74. The van der Waals surface area contributed by atoms with Gasteiger partial charge in [0, 0.05) is 0 Å². The predicted octanol–water partition coefficient (Wildman–Crippen LogP) is 1.89. The second kappa shape index (κ2) is 5.69. The molecule has 1 aliphatic heterocycles. The molecule has 1 amide bonds. The Labute approximate surface area is 122 Å². The summed E-state index contributed by atoms with van der Waals surface area (Å²) >= 11 is 0. The van der Waals surface area contributed by atoms with Crippen LogP contribution in [0.3, 0.4) is 0 Å². The van der Waals surface area contributed by atoms with Gasteiger partial charge in [-0.25, -0.2) is 0 Å². The second-order valence-electron chi connectivity index (χ2n) is 5.25. The molecule has 112 valence electrons. The van der Waals surface area contributed by atoms with Crippen molar-refractivity contribution in [2.24, 2.45) is 0 Å². The van der Waals surface area contributed by atoms with Gasteiger partial charge in [-0.15, -0.1) is 0 Å². The van der Waals surface area contributed by atoms with Crippen molar-refractivity contribution in [2.45, 2.75) is 38.8 Å². The van der Waals surface area contributed by atoms with Crippen molar-refractivity contribution >= 4 is 5.91 Å². The van der Waals surface area contributed by atoms with Crippen molar-refractivity contribution in [2.75, 3.05) is 6.54 Å². The fourth-order valence-corrected chi connectivity index (χ4v) is 2.38. The Bertz CT molecular complexity index is 628. The van der Waals surface area contributed by atoms with Gasteiger partial charge in [0.15, 0.2) is 0 Å². The molecule has 3 rings (SSSR count). The molecule has 3 heterocycles. The maximum Gasteiger partial charge on any atom is 0.293 e. The molecule has 2 aromatic heterocycles. The molecule has 2 aromatic rings. The molecule has 1 fully saturated rings. The summed E-state index contributed by atoms with van der Waals surface area (Å²) < 4.78 is 10.6. The van der Waals surface area contributed by atoms with E-state index in [9.17, 15) is 4.79 Å². The molecule has 0 spiro atoms. The molecule has 21 heavy (non-hydrogen) atoms. The summed E-state index contributed by atoms with van der Waals surface area (Å²) in [4.78, 5) is 16.3. The molecule has 0 aliphatic carbocycles. The Balaban J connectivity index is 1.65. The average Bonchev–Trinajstić information content (AvgIpc) is 3.19. The average molecular weight is 290 g/mol. The van der Waals surface area contributed by atoms with Gasteiger partial charge >= 0.3 is 0 Å². The van der Waals surface area contributed by atoms with Gasteiger partial charge in [0.25, 0.3) is 11.7 Å². The van der Waals surface area contributed by atoms with Crippen LogP contribution in [0.15, 0.2) is 21.1 Å². The standard InChI is InChI=1S/C14H18N4O3/c1-8-5-6-11(20-8)9(2)16-13(19)12-17-14(21-18-12)10-4-3-7-15-10/h5-6,9-10,15H,3-4,7H2,1-2H3,(H,16,19). The van der Waals surface area contributed by atoms with Crippen LogP contribution in [-0.2, 0) is 0 Å². The number of rotatable bonds is 4. The zero-order valence-corrected chi connectivity index (χ0v) is 12.0. The molecule has 2 atom stereocenters. The summed E-state index contributed by atoms with van der Waals surface area (Å²) in [5.74, 6) is 1.65. The Morgan fingerprint density at radius 1 is 1.52 bits per heavy atom.